The number of esters is 1. The van der Waals surface area contributed by atoms with Crippen LogP contribution in [-0.4, -0.2) is 61.3 Å². The Bertz CT molecular complexity index is 410. The number of aliphatic hydroxyl groups is 1. The highest BCUT2D eigenvalue weighted by molar-refractivity contribution is 5.85. The number of amides is 2. The van der Waals surface area contributed by atoms with Crippen LogP contribution in [0.4, 0.5) is 4.79 Å². The first-order valence-electron chi connectivity index (χ1n) is 7.56. The second-order valence-corrected chi connectivity index (χ2v) is 5.23. The van der Waals surface area contributed by atoms with Gasteiger partial charge in [-0.3, -0.25) is 9.59 Å². The maximum atomic E-state index is 11.8. The third-order valence-corrected chi connectivity index (χ3v) is 3.16. The second-order valence-electron chi connectivity index (χ2n) is 5.23. The summed E-state index contributed by atoms with van der Waals surface area (Å²) in [6.07, 6.45) is -0.777. The Balaban J connectivity index is 2.19. The monoisotopic (exact) mass is 332 g/mol. The molecule has 1 heterocycles. The molecule has 0 radical (unpaired) electrons. The Labute approximate surface area is 134 Å². The van der Waals surface area contributed by atoms with Gasteiger partial charge in [0.05, 0.1) is 13.2 Å². The average Bonchev–Trinajstić information content (AvgIpc) is 2.47. The van der Waals surface area contributed by atoms with Crippen LogP contribution in [0.1, 0.15) is 33.1 Å². The molecule has 0 aromatic carbocycles. The van der Waals surface area contributed by atoms with E-state index in [1.165, 1.54) is 13.8 Å². The second kappa shape index (κ2) is 10.0. The standard InChI is InChI=1S/C14H24N2O7/c1-9(13(19)15-6-3-12(18)22-10(2)17)16-14(20)23-11-4-7-21-8-5-11/h9,11-12,18H,3-8H2,1-2H3,(H,15,19)(H,16,20)/t9-,12?/m0/s1. The molecule has 1 aliphatic rings. The summed E-state index contributed by atoms with van der Waals surface area (Å²) in [7, 11) is 0. The van der Waals surface area contributed by atoms with Crippen LogP contribution in [0.15, 0.2) is 0 Å². The van der Waals surface area contributed by atoms with Crippen LogP contribution in [0.2, 0.25) is 0 Å². The highest BCUT2D eigenvalue weighted by Crippen LogP contribution is 2.10. The van der Waals surface area contributed by atoms with Gasteiger partial charge in [0.2, 0.25) is 12.2 Å². The van der Waals surface area contributed by atoms with E-state index >= 15 is 0 Å². The number of carbonyl (C=O) groups is 3. The molecule has 1 rings (SSSR count). The summed E-state index contributed by atoms with van der Waals surface area (Å²) >= 11 is 0. The van der Waals surface area contributed by atoms with Gasteiger partial charge in [-0.25, -0.2) is 4.79 Å². The van der Waals surface area contributed by atoms with E-state index in [0.717, 1.165) is 0 Å². The summed E-state index contributed by atoms with van der Waals surface area (Å²) in [5.74, 6) is -1.03. The summed E-state index contributed by atoms with van der Waals surface area (Å²) in [4.78, 5) is 34.1. The fraction of sp³-hybridized carbons (Fsp3) is 0.786. The van der Waals surface area contributed by atoms with E-state index in [2.05, 4.69) is 15.4 Å². The molecule has 0 spiro atoms. The molecular weight excluding hydrogens is 308 g/mol. The van der Waals surface area contributed by atoms with Gasteiger partial charge in [0, 0.05) is 32.7 Å². The van der Waals surface area contributed by atoms with Crippen LogP contribution in [0.25, 0.3) is 0 Å². The fourth-order valence-electron chi connectivity index (χ4n) is 1.94. The number of rotatable bonds is 7. The maximum absolute atomic E-state index is 11.8. The van der Waals surface area contributed by atoms with Gasteiger partial charge in [0.1, 0.15) is 12.1 Å². The van der Waals surface area contributed by atoms with E-state index in [-0.39, 0.29) is 19.1 Å². The van der Waals surface area contributed by atoms with Crippen LogP contribution < -0.4 is 10.6 Å². The van der Waals surface area contributed by atoms with Crippen LogP contribution in [-0.2, 0) is 23.8 Å². The van der Waals surface area contributed by atoms with Gasteiger partial charge >= 0.3 is 12.1 Å². The number of hydrogen-bond donors (Lipinski definition) is 3. The van der Waals surface area contributed by atoms with Gasteiger partial charge in [0.15, 0.2) is 0 Å². The highest BCUT2D eigenvalue weighted by atomic mass is 16.6. The van der Waals surface area contributed by atoms with Crippen molar-refractivity contribution in [1.29, 1.82) is 0 Å². The van der Waals surface area contributed by atoms with Crippen molar-refractivity contribution in [2.75, 3.05) is 19.8 Å². The summed E-state index contributed by atoms with van der Waals surface area (Å²) in [5, 5.41) is 14.3. The summed E-state index contributed by atoms with van der Waals surface area (Å²) < 4.78 is 14.9. The predicted octanol–water partition coefficient (Wildman–Crippen LogP) is -0.332. The fourth-order valence-corrected chi connectivity index (χ4v) is 1.94. The van der Waals surface area contributed by atoms with Gasteiger partial charge in [-0.15, -0.1) is 0 Å². The molecule has 0 saturated carbocycles. The Hall–Kier alpha value is -1.87. The minimum absolute atomic E-state index is 0.0601. The van der Waals surface area contributed by atoms with Gasteiger partial charge < -0.3 is 30.0 Å². The van der Waals surface area contributed by atoms with Crippen molar-refractivity contribution in [1.82, 2.24) is 10.6 Å². The molecular formula is C14H24N2O7. The molecule has 1 unspecified atom stereocenters. The number of carbonyl (C=O) groups excluding carboxylic acids is 3. The third kappa shape index (κ3) is 8.36. The van der Waals surface area contributed by atoms with E-state index in [9.17, 15) is 19.5 Å². The molecule has 0 aromatic heterocycles. The zero-order valence-electron chi connectivity index (χ0n) is 13.4. The quantitative estimate of drug-likeness (QED) is 0.431. The van der Waals surface area contributed by atoms with Crippen molar-refractivity contribution in [3.8, 4) is 0 Å². The van der Waals surface area contributed by atoms with Gasteiger partial charge in [0.25, 0.3) is 0 Å². The summed E-state index contributed by atoms with van der Waals surface area (Å²) in [6.45, 7) is 3.91. The van der Waals surface area contributed by atoms with Crippen molar-refractivity contribution >= 4 is 18.0 Å². The smallest absolute Gasteiger partial charge is 0.408 e. The number of aliphatic hydroxyl groups excluding tert-OH is 1. The molecule has 9 heteroatoms. The van der Waals surface area contributed by atoms with Crippen molar-refractivity contribution in [2.24, 2.45) is 0 Å². The lowest BCUT2D eigenvalue weighted by atomic mass is 10.2. The molecule has 0 aromatic rings. The van der Waals surface area contributed by atoms with Crippen molar-refractivity contribution in [3.63, 3.8) is 0 Å². The molecule has 2 amide bonds. The third-order valence-electron chi connectivity index (χ3n) is 3.16. The van der Waals surface area contributed by atoms with Crippen molar-refractivity contribution in [3.05, 3.63) is 0 Å². The van der Waals surface area contributed by atoms with Crippen molar-refractivity contribution < 1.29 is 33.7 Å². The molecule has 3 N–H and O–H groups in total. The van der Waals surface area contributed by atoms with Crippen molar-refractivity contribution in [2.45, 2.75) is 51.5 Å². The number of hydrogen-bond acceptors (Lipinski definition) is 7. The molecule has 0 bridgehead atoms. The lowest BCUT2D eigenvalue weighted by molar-refractivity contribution is -0.165. The van der Waals surface area contributed by atoms with E-state index < -0.39 is 30.3 Å². The van der Waals surface area contributed by atoms with E-state index in [1.807, 2.05) is 0 Å². The molecule has 1 fully saturated rings. The summed E-state index contributed by atoms with van der Waals surface area (Å²) in [5.41, 5.74) is 0. The molecule has 23 heavy (non-hydrogen) atoms. The largest absolute Gasteiger partial charge is 0.446 e. The van der Waals surface area contributed by atoms with Crippen LogP contribution in [0, 0.1) is 0 Å². The Morgan fingerprint density at radius 1 is 1.30 bits per heavy atom. The van der Waals surface area contributed by atoms with Crippen LogP contribution in [0.3, 0.4) is 0 Å². The lowest BCUT2D eigenvalue weighted by Crippen LogP contribution is -2.46. The minimum atomic E-state index is -1.27. The normalized spacial score (nSPS) is 17.7. The van der Waals surface area contributed by atoms with Crippen LogP contribution >= 0.6 is 0 Å². The molecule has 1 aliphatic heterocycles. The number of alkyl carbamates (subject to hydrolysis) is 1. The predicted molar refractivity (Wildman–Crippen MR) is 78.3 cm³/mol. The molecule has 2 atom stereocenters. The molecule has 1 saturated heterocycles. The Morgan fingerprint density at radius 2 is 1.96 bits per heavy atom. The van der Waals surface area contributed by atoms with E-state index in [0.29, 0.717) is 26.1 Å². The Kier molecular flexibility index (Phi) is 8.35. The summed E-state index contributed by atoms with van der Waals surface area (Å²) in [6, 6.07) is -0.784. The molecule has 0 aliphatic carbocycles. The van der Waals surface area contributed by atoms with Crippen LogP contribution in [0.5, 0.6) is 0 Å². The maximum Gasteiger partial charge on any atom is 0.408 e. The molecule has 132 valence electrons. The van der Waals surface area contributed by atoms with E-state index in [1.54, 1.807) is 0 Å². The lowest BCUT2D eigenvalue weighted by Gasteiger charge is -2.23. The first kappa shape index (κ1) is 19.2. The van der Waals surface area contributed by atoms with E-state index in [4.69, 9.17) is 9.47 Å². The zero-order chi connectivity index (χ0) is 17.2. The highest BCUT2D eigenvalue weighted by Gasteiger charge is 2.21. The first-order chi connectivity index (χ1) is 10.9. The number of nitrogens with one attached hydrogen (secondary N) is 2. The minimum Gasteiger partial charge on any atom is -0.446 e. The van der Waals surface area contributed by atoms with Gasteiger partial charge in [-0.1, -0.05) is 0 Å². The van der Waals surface area contributed by atoms with Gasteiger partial charge in [-0.05, 0) is 6.92 Å². The topological polar surface area (TPSA) is 123 Å². The Morgan fingerprint density at radius 3 is 2.57 bits per heavy atom. The zero-order valence-corrected chi connectivity index (χ0v) is 13.4. The molecule has 9 nitrogen and oxygen atoms in total. The number of ether oxygens (including phenoxy) is 3. The first-order valence-corrected chi connectivity index (χ1v) is 7.56. The SMILES string of the molecule is CC(=O)OC(O)CCNC(=O)[C@H](C)NC(=O)OC1CCOCC1. The van der Waals surface area contributed by atoms with Gasteiger partial charge in [-0.2, -0.15) is 0 Å². The average molecular weight is 332 g/mol.